The number of nitrogens with one attached hydrogen (secondary N) is 1. The molecular formula is C20H15Cl3N4O2S. The van der Waals surface area contributed by atoms with E-state index in [-0.39, 0.29) is 11.7 Å². The smallest absolute Gasteiger partial charge is 0.234 e. The lowest BCUT2D eigenvalue weighted by molar-refractivity contribution is -0.113. The second-order valence-electron chi connectivity index (χ2n) is 6.30. The highest BCUT2D eigenvalue weighted by Crippen LogP contribution is 2.31. The minimum absolute atomic E-state index is 0.136. The molecule has 0 aliphatic carbocycles. The van der Waals surface area contributed by atoms with Crippen LogP contribution in [-0.2, 0) is 11.3 Å². The summed E-state index contributed by atoms with van der Waals surface area (Å²) < 4.78 is 7.79. The van der Waals surface area contributed by atoms with Crippen LogP contribution in [-0.4, -0.2) is 26.4 Å². The molecule has 1 amide bonds. The van der Waals surface area contributed by atoms with E-state index < -0.39 is 0 Å². The first-order valence-corrected chi connectivity index (χ1v) is 11.1. The van der Waals surface area contributed by atoms with Gasteiger partial charge in [0.05, 0.1) is 16.5 Å². The minimum Gasteiger partial charge on any atom is -0.453 e. The number of amides is 1. The molecule has 4 rings (SSSR count). The standard InChI is InChI=1S/C20H15Cl3N4O2S/c1-2-27-19(17-8-11-7-12(21)4-6-16(11)29-17)25-26-20(27)30-10-18(28)24-15-9-13(22)3-5-14(15)23/h3-9H,2,10H2,1H3,(H,24,28). The zero-order chi connectivity index (χ0) is 21.3. The van der Waals surface area contributed by atoms with Crippen molar-refractivity contribution in [1.82, 2.24) is 14.8 Å². The van der Waals surface area contributed by atoms with Gasteiger partial charge in [-0.1, -0.05) is 46.6 Å². The molecule has 10 heteroatoms. The van der Waals surface area contributed by atoms with E-state index in [0.29, 0.717) is 49.6 Å². The predicted octanol–water partition coefficient (Wildman–Crippen LogP) is 6.40. The van der Waals surface area contributed by atoms with Crippen molar-refractivity contribution in [1.29, 1.82) is 0 Å². The molecule has 30 heavy (non-hydrogen) atoms. The Morgan fingerprint density at radius 1 is 1.10 bits per heavy atom. The van der Waals surface area contributed by atoms with Crippen LogP contribution in [0, 0.1) is 0 Å². The Hall–Kier alpha value is -2.19. The maximum Gasteiger partial charge on any atom is 0.234 e. The summed E-state index contributed by atoms with van der Waals surface area (Å²) in [4.78, 5) is 12.4. The van der Waals surface area contributed by atoms with Gasteiger partial charge in [-0.25, -0.2) is 0 Å². The van der Waals surface area contributed by atoms with Crippen LogP contribution in [0.4, 0.5) is 5.69 Å². The van der Waals surface area contributed by atoms with Crippen molar-refractivity contribution in [2.45, 2.75) is 18.6 Å². The maximum atomic E-state index is 12.4. The molecule has 6 nitrogen and oxygen atoms in total. The molecule has 2 aromatic carbocycles. The number of carbonyl (C=O) groups is 1. The topological polar surface area (TPSA) is 73.0 Å². The number of fused-ring (bicyclic) bond motifs is 1. The number of hydrogen-bond acceptors (Lipinski definition) is 5. The van der Waals surface area contributed by atoms with Crippen LogP contribution in [0.15, 0.2) is 52.0 Å². The predicted molar refractivity (Wildman–Crippen MR) is 122 cm³/mol. The number of benzene rings is 2. The molecule has 1 N–H and O–H groups in total. The number of thioether (sulfide) groups is 1. The third kappa shape index (κ3) is 4.44. The molecule has 2 heterocycles. The summed E-state index contributed by atoms with van der Waals surface area (Å²) in [6.07, 6.45) is 0. The van der Waals surface area contributed by atoms with Gasteiger partial charge in [-0.2, -0.15) is 0 Å². The van der Waals surface area contributed by atoms with E-state index in [9.17, 15) is 4.79 Å². The van der Waals surface area contributed by atoms with Gasteiger partial charge < -0.3 is 9.73 Å². The van der Waals surface area contributed by atoms with Crippen LogP contribution in [0.25, 0.3) is 22.6 Å². The Kier molecular flexibility index (Phi) is 6.24. The van der Waals surface area contributed by atoms with Crippen LogP contribution in [0.1, 0.15) is 6.92 Å². The quantitative estimate of drug-likeness (QED) is 0.322. The number of hydrogen-bond donors (Lipinski definition) is 1. The van der Waals surface area contributed by atoms with Gasteiger partial charge in [0.1, 0.15) is 5.58 Å². The highest BCUT2D eigenvalue weighted by Gasteiger charge is 2.18. The number of anilines is 1. The first kappa shape index (κ1) is 21.1. The summed E-state index contributed by atoms with van der Waals surface area (Å²) in [6, 6.07) is 12.2. The summed E-state index contributed by atoms with van der Waals surface area (Å²) in [5.41, 5.74) is 1.18. The summed E-state index contributed by atoms with van der Waals surface area (Å²) >= 11 is 19.4. The van der Waals surface area contributed by atoms with E-state index in [1.165, 1.54) is 11.8 Å². The molecule has 0 aliphatic rings. The van der Waals surface area contributed by atoms with E-state index in [1.54, 1.807) is 24.3 Å². The average Bonchev–Trinajstić information content (AvgIpc) is 3.32. The van der Waals surface area contributed by atoms with Gasteiger partial charge in [-0.05, 0) is 49.4 Å². The molecule has 0 saturated heterocycles. The normalized spacial score (nSPS) is 11.2. The zero-order valence-corrected chi connectivity index (χ0v) is 18.7. The van der Waals surface area contributed by atoms with Gasteiger partial charge in [-0.15, -0.1) is 10.2 Å². The van der Waals surface area contributed by atoms with Crippen molar-refractivity contribution in [3.8, 4) is 11.6 Å². The van der Waals surface area contributed by atoms with E-state index >= 15 is 0 Å². The molecular weight excluding hydrogens is 467 g/mol. The Bertz CT molecular complexity index is 1240. The zero-order valence-electron chi connectivity index (χ0n) is 15.7. The van der Waals surface area contributed by atoms with Crippen LogP contribution < -0.4 is 5.32 Å². The Morgan fingerprint density at radius 3 is 2.67 bits per heavy atom. The molecule has 154 valence electrons. The number of carbonyl (C=O) groups excluding carboxylic acids is 1. The van der Waals surface area contributed by atoms with Gasteiger partial charge >= 0.3 is 0 Å². The number of furan rings is 1. The third-order valence-corrected chi connectivity index (χ3v) is 6.03. The minimum atomic E-state index is -0.227. The highest BCUT2D eigenvalue weighted by atomic mass is 35.5. The molecule has 0 aliphatic heterocycles. The Morgan fingerprint density at radius 2 is 1.87 bits per heavy atom. The first-order valence-electron chi connectivity index (χ1n) is 8.95. The molecule has 2 aromatic heterocycles. The fourth-order valence-electron chi connectivity index (χ4n) is 2.90. The van der Waals surface area contributed by atoms with Crippen LogP contribution >= 0.6 is 46.6 Å². The fraction of sp³-hybridized carbons (Fsp3) is 0.150. The highest BCUT2D eigenvalue weighted by molar-refractivity contribution is 7.99. The van der Waals surface area contributed by atoms with Crippen molar-refractivity contribution in [2.75, 3.05) is 11.1 Å². The third-order valence-electron chi connectivity index (χ3n) is 4.27. The molecule has 0 fully saturated rings. The fourth-order valence-corrected chi connectivity index (χ4v) is 4.22. The SMILES string of the molecule is CCn1c(SCC(=O)Nc2cc(Cl)ccc2Cl)nnc1-c1cc2cc(Cl)ccc2o1. The second-order valence-corrected chi connectivity index (χ2v) is 8.53. The van der Waals surface area contributed by atoms with Crippen molar-refractivity contribution in [3.63, 3.8) is 0 Å². The van der Waals surface area contributed by atoms with E-state index in [0.717, 1.165) is 5.39 Å². The van der Waals surface area contributed by atoms with Crippen LogP contribution in [0.5, 0.6) is 0 Å². The van der Waals surface area contributed by atoms with Crippen LogP contribution in [0.2, 0.25) is 15.1 Å². The lowest BCUT2D eigenvalue weighted by Gasteiger charge is -2.08. The Labute approximate surface area is 191 Å². The lowest BCUT2D eigenvalue weighted by atomic mass is 10.2. The molecule has 0 saturated carbocycles. The number of nitrogens with zero attached hydrogens (tertiary/aromatic N) is 3. The van der Waals surface area contributed by atoms with Gasteiger partial charge in [-0.3, -0.25) is 9.36 Å². The first-order chi connectivity index (χ1) is 14.4. The van der Waals surface area contributed by atoms with Gasteiger partial charge in [0, 0.05) is 22.0 Å². The molecule has 4 aromatic rings. The van der Waals surface area contributed by atoms with Gasteiger partial charge in [0.25, 0.3) is 0 Å². The number of aromatic nitrogens is 3. The van der Waals surface area contributed by atoms with Crippen molar-refractivity contribution < 1.29 is 9.21 Å². The molecule has 0 spiro atoms. The Balaban J connectivity index is 1.50. The van der Waals surface area contributed by atoms with Crippen molar-refractivity contribution in [3.05, 3.63) is 57.5 Å². The van der Waals surface area contributed by atoms with Crippen molar-refractivity contribution >= 4 is 69.1 Å². The summed E-state index contributed by atoms with van der Waals surface area (Å²) in [7, 11) is 0. The monoisotopic (exact) mass is 480 g/mol. The van der Waals surface area contributed by atoms with Crippen LogP contribution in [0.3, 0.4) is 0 Å². The van der Waals surface area contributed by atoms with Crippen molar-refractivity contribution in [2.24, 2.45) is 0 Å². The number of halogens is 3. The second kappa shape index (κ2) is 8.89. The van der Waals surface area contributed by atoms with E-state index in [1.807, 2.05) is 29.7 Å². The average molecular weight is 482 g/mol. The van der Waals surface area contributed by atoms with E-state index in [2.05, 4.69) is 15.5 Å². The number of rotatable bonds is 6. The molecule has 0 atom stereocenters. The summed E-state index contributed by atoms with van der Waals surface area (Å²) in [6.45, 7) is 2.59. The molecule has 0 unspecified atom stereocenters. The molecule has 0 bridgehead atoms. The summed E-state index contributed by atoms with van der Waals surface area (Å²) in [5.74, 6) is 1.08. The molecule has 0 radical (unpaired) electrons. The lowest BCUT2D eigenvalue weighted by Crippen LogP contribution is -2.15. The van der Waals surface area contributed by atoms with E-state index in [4.69, 9.17) is 39.2 Å². The van der Waals surface area contributed by atoms with Gasteiger partial charge in [0.15, 0.2) is 10.9 Å². The largest absolute Gasteiger partial charge is 0.453 e. The maximum absolute atomic E-state index is 12.4. The summed E-state index contributed by atoms with van der Waals surface area (Å²) in [5, 5.41) is 14.3. The van der Waals surface area contributed by atoms with Gasteiger partial charge in [0.2, 0.25) is 11.7 Å².